The summed E-state index contributed by atoms with van der Waals surface area (Å²) in [5.41, 5.74) is -1.41. The molecule has 2 rings (SSSR count). The van der Waals surface area contributed by atoms with Crippen molar-refractivity contribution in [1.29, 1.82) is 0 Å². The van der Waals surface area contributed by atoms with Crippen LogP contribution in [-0.4, -0.2) is 32.7 Å². The van der Waals surface area contributed by atoms with Crippen LogP contribution >= 0.6 is 0 Å². The summed E-state index contributed by atoms with van der Waals surface area (Å²) in [5, 5.41) is 2.08. The number of anilines is 1. The van der Waals surface area contributed by atoms with E-state index in [-0.39, 0.29) is 11.3 Å². The van der Waals surface area contributed by atoms with Gasteiger partial charge in [-0.3, -0.25) is 4.79 Å². The Kier molecular flexibility index (Phi) is 6.27. The van der Waals surface area contributed by atoms with Gasteiger partial charge in [-0.15, -0.1) is 0 Å². The number of carbonyl (C=O) groups is 2. The van der Waals surface area contributed by atoms with Crippen LogP contribution in [0.4, 0.5) is 18.9 Å². The number of esters is 1. The summed E-state index contributed by atoms with van der Waals surface area (Å²) in [6, 6.07) is 8.89. The Bertz CT molecular complexity index is 836. The van der Waals surface area contributed by atoms with Gasteiger partial charge in [0, 0.05) is 0 Å². The number of hydrogen-bond acceptors (Lipinski definition) is 5. The lowest BCUT2D eigenvalue weighted by Gasteiger charge is -2.14. The summed E-state index contributed by atoms with van der Waals surface area (Å²) >= 11 is 0. The van der Waals surface area contributed by atoms with Crippen molar-refractivity contribution < 1.29 is 37.0 Å². The number of hydrogen-bond donors (Lipinski definition) is 1. The van der Waals surface area contributed by atoms with Gasteiger partial charge in [0.1, 0.15) is 17.1 Å². The molecule has 1 amide bonds. The third kappa shape index (κ3) is 5.13. The number of methoxy groups -OCH3 is 2. The topological polar surface area (TPSA) is 73.9 Å². The summed E-state index contributed by atoms with van der Waals surface area (Å²) in [6.45, 7) is -0.772. The number of para-hydroxylation sites is 1. The molecule has 144 valence electrons. The third-order valence-corrected chi connectivity index (χ3v) is 3.47. The Morgan fingerprint density at radius 1 is 1.04 bits per heavy atom. The number of carbonyl (C=O) groups excluding carboxylic acids is 2. The van der Waals surface area contributed by atoms with Crippen LogP contribution in [0.15, 0.2) is 42.5 Å². The predicted octanol–water partition coefficient (Wildman–Crippen LogP) is 3.52. The van der Waals surface area contributed by atoms with Crippen LogP contribution < -0.4 is 14.8 Å². The molecular formula is C18H16F3NO5. The van der Waals surface area contributed by atoms with Crippen LogP contribution in [0, 0.1) is 0 Å². The average Bonchev–Trinajstić information content (AvgIpc) is 2.65. The van der Waals surface area contributed by atoms with Gasteiger partial charge in [0.05, 0.1) is 25.5 Å². The predicted molar refractivity (Wildman–Crippen MR) is 89.9 cm³/mol. The number of benzene rings is 2. The summed E-state index contributed by atoms with van der Waals surface area (Å²) in [7, 11) is 2.75. The second-order valence-electron chi connectivity index (χ2n) is 5.23. The molecule has 2 aromatic carbocycles. The van der Waals surface area contributed by atoms with E-state index in [1.54, 1.807) is 6.07 Å². The van der Waals surface area contributed by atoms with Crippen molar-refractivity contribution in [2.45, 2.75) is 6.18 Å². The average molecular weight is 383 g/mol. The standard InChI is InChI=1S/C18H16F3NO5/c1-25-11-7-8-15(26-2)12(9-11)17(24)27-10-16(23)22-14-6-4-3-5-13(14)18(19,20)21/h3-9H,10H2,1-2H3,(H,22,23). The lowest BCUT2D eigenvalue weighted by molar-refractivity contribution is -0.137. The van der Waals surface area contributed by atoms with Gasteiger partial charge < -0.3 is 19.5 Å². The first kappa shape index (κ1) is 20.1. The molecular weight excluding hydrogens is 367 g/mol. The minimum Gasteiger partial charge on any atom is -0.497 e. The van der Waals surface area contributed by atoms with Crippen molar-refractivity contribution in [3.8, 4) is 11.5 Å². The van der Waals surface area contributed by atoms with Crippen molar-refractivity contribution >= 4 is 17.6 Å². The minimum atomic E-state index is -4.63. The lowest BCUT2D eigenvalue weighted by Crippen LogP contribution is -2.23. The van der Waals surface area contributed by atoms with Crippen LogP contribution in [0.5, 0.6) is 11.5 Å². The third-order valence-electron chi connectivity index (χ3n) is 3.47. The molecule has 0 fully saturated rings. The number of rotatable bonds is 6. The Balaban J connectivity index is 2.06. The fourth-order valence-electron chi connectivity index (χ4n) is 2.21. The highest BCUT2D eigenvalue weighted by Crippen LogP contribution is 2.34. The maximum Gasteiger partial charge on any atom is 0.418 e. The summed E-state index contributed by atoms with van der Waals surface area (Å²) in [6.07, 6.45) is -4.63. The highest BCUT2D eigenvalue weighted by molar-refractivity contribution is 5.97. The maximum absolute atomic E-state index is 12.9. The molecule has 0 radical (unpaired) electrons. The highest BCUT2D eigenvalue weighted by Gasteiger charge is 2.33. The van der Waals surface area contributed by atoms with Crippen molar-refractivity contribution in [2.75, 3.05) is 26.1 Å². The zero-order valence-corrected chi connectivity index (χ0v) is 14.4. The molecule has 0 saturated heterocycles. The number of ether oxygens (including phenoxy) is 3. The number of alkyl halides is 3. The molecule has 0 aliphatic rings. The SMILES string of the molecule is COc1ccc(OC)c(C(=O)OCC(=O)Nc2ccccc2C(F)(F)F)c1. The summed E-state index contributed by atoms with van der Waals surface area (Å²) in [5.74, 6) is -1.23. The molecule has 27 heavy (non-hydrogen) atoms. The molecule has 0 heterocycles. The Hall–Kier alpha value is -3.23. The number of halogens is 3. The Labute approximate surface area is 152 Å². The largest absolute Gasteiger partial charge is 0.497 e. The monoisotopic (exact) mass is 383 g/mol. The molecule has 0 aliphatic heterocycles. The molecule has 0 bridgehead atoms. The van der Waals surface area contributed by atoms with Crippen LogP contribution in [0.1, 0.15) is 15.9 Å². The van der Waals surface area contributed by atoms with Crippen LogP contribution in [0.25, 0.3) is 0 Å². The van der Waals surface area contributed by atoms with E-state index in [0.717, 1.165) is 12.1 Å². The fourth-order valence-corrected chi connectivity index (χ4v) is 2.21. The molecule has 2 aromatic rings. The molecule has 0 unspecified atom stereocenters. The summed E-state index contributed by atoms with van der Waals surface area (Å²) in [4.78, 5) is 24.1. The highest BCUT2D eigenvalue weighted by atomic mass is 19.4. The zero-order chi connectivity index (χ0) is 20.0. The van der Waals surface area contributed by atoms with Gasteiger partial charge in [-0.25, -0.2) is 4.79 Å². The van der Waals surface area contributed by atoms with Crippen molar-refractivity contribution in [2.24, 2.45) is 0 Å². The number of amides is 1. The van der Waals surface area contributed by atoms with Crippen LogP contribution in [0.2, 0.25) is 0 Å². The quantitative estimate of drug-likeness (QED) is 0.773. The summed E-state index contributed by atoms with van der Waals surface area (Å²) < 4.78 is 53.7. The van der Waals surface area contributed by atoms with Gasteiger partial charge >= 0.3 is 12.1 Å². The molecule has 0 saturated carbocycles. The van der Waals surface area contributed by atoms with Gasteiger partial charge in [0.15, 0.2) is 6.61 Å². The smallest absolute Gasteiger partial charge is 0.418 e. The first-order valence-electron chi connectivity index (χ1n) is 7.61. The van der Waals surface area contributed by atoms with Gasteiger partial charge in [-0.2, -0.15) is 13.2 Å². The van der Waals surface area contributed by atoms with E-state index >= 15 is 0 Å². The van der Waals surface area contributed by atoms with E-state index in [2.05, 4.69) is 5.32 Å². The van der Waals surface area contributed by atoms with E-state index in [4.69, 9.17) is 14.2 Å². The van der Waals surface area contributed by atoms with Crippen LogP contribution in [-0.2, 0) is 15.7 Å². The van der Waals surface area contributed by atoms with E-state index < -0.39 is 35.9 Å². The second-order valence-corrected chi connectivity index (χ2v) is 5.23. The van der Waals surface area contributed by atoms with Gasteiger partial charge in [0.2, 0.25) is 0 Å². The molecule has 0 aromatic heterocycles. The number of nitrogens with one attached hydrogen (secondary N) is 1. The fraction of sp³-hybridized carbons (Fsp3) is 0.222. The van der Waals surface area contributed by atoms with E-state index in [1.165, 1.54) is 38.5 Å². The molecule has 6 nitrogen and oxygen atoms in total. The van der Waals surface area contributed by atoms with E-state index in [0.29, 0.717) is 5.75 Å². The van der Waals surface area contributed by atoms with E-state index in [1.807, 2.05) is 0 Å². The van der Waals surface area contributed by atoms with Crippen molar-refractivity contribution in [3.05, 3.63) is 53.6 Å². The van der Waals surface area contributed by atoms with Crippen LogP contribution in [0.3, 0.4) is 0 Å². The molecule has 0 spiro atoms. The molecule has 0 atom stereocenters. The first-order valence-corrected chi connectivity index (χ1v) is 7.61. The molecule has 9 heteroatoms. The zero-order valence-electron chi connectivity index (χ0n) is 14.4. The Morgan fingerprint density at radius 3 is 2.37 bits per heavy atom. The van der Waals surface area contributed by atoms with Gasteiger partial charge in [-0.1, -0.05) is 12.1 Å². The normalized spacial score (nSPS) is 10.9. The lowest BCUT2D eigenvalue weighted by atomic mass is 10.1. The maximum atomic E-state index is 12.9. The first-order chi connectivity index (χ1) is 12.8. The minimum absolute atomic E-state index is 0.0142. The second kappa shape index (κ2) is 8.43. The van der Waals surface area contributed by atoms with Crippen molar-refractivity contribution in [3.63, 3.8) is 0 Å². The Morgan fingerprint density at radius 2 is 1.74 bits per heavy atom. The molecule has 0 aliphatic carbocycles. The van der Waals surface area contributed by atoms with Gasteiger partial charge in [-0.05, 0) is 30.3 Å². The molecule has 1 N–H and O–H groups in total. The van der Waals surface area contributed by atoms with Crippen molar-refractivity contribution in [1.82, 2.24) is 0 Å². The van der Waals surface area contributed by atoms with Gasteiger partial charge in [0.25, 0.3) is 5.91 Å². The van der Waals surface area contributed by atoms with E-state index in [9.17, 15) is 22.8 Å².